The second-order valence-corrected chi connectivity index (χ2v) is 8.23. The highest BCUT2D eigenvalue weighted by Crippen LogP contribution is 2.26. The number of hydrogen-bond donors (Lipinski definition) is 1. The summed E-state index contributed by atoms with van der Waals surface area (Å²) >= 11 is 0. The third-order valence-corrected chi connectivity index (χ3v) is 5.83. The Balaban J connectivity index is 1.85. The van der Waals surface area contributed by atoms with E-state index in [0.29, 0.717) is 13.0 Å². The maximum Gasteiger partial charge on any atom is 0.279 e. The molecule has 0 bridgehead atoms. The minimum atomic E-state index is -3.27. The van der Waals surface area contributed by atoms with E-state index in [-0.39, 0.29) is 18.5 Å². The van der Waals surface area contributed by atoms with Crippen molar-refractivity contribution in [1.82, 2.24) is 9.62 Å². The average molecular weight is 332 g/mol. The molecule has 7 heteroatoms. The highest BCUT2D eigenvalue weighted by atomic mass is 32.2. The Labute approximate surface area is 132 Å². The number of carbonyl (C=O) groups excluding carboxylic acids is 1. The van der Waals surface area contributed by atoms with E-state index in [2.05, 4.69) is 5.32 Å². The van der Waals surface area contributed by atoms with Crippen LogP contribution in [0.2, 0.25) is 0 Å². The lowest BCUT2D eigenvalue weighted by Gasteiger charge is -2.22. The van der Waals surface area contributed by atoms with Crippen molar-refractivity contribution in [2.45, 2.75) is 51.0 Å². The van der Waals surface area contributed by atoms with Gasteiger partial charge >= 0.3 is 0 Å². The molecule has 2 fully saturated rings. The number of allylic oxidation sites excluding steroid dienone is 1. The van der Waals surface area contributed by atoms with Crippen LogP contribution in [0.15, 0.2) is 11.9 Å². The van der Waals surface area contributed by atoms with Crippen LogP contribution in [-0.2, 0) is 14.8 Å². The quantitative estimate of drug-likeness (QED) is 0.783. The van der Waals surface area contributed by atoms with Gasteiger partial charge in [0.25, 0.3) is 5.91 Å². The highest BCUT2D eigenvalue weighted by Gasteiger charge is 2.31. The second kappa shape index (κ2) is 7.55. The van der Waals surface area contributed by atoms with E-state index in [1.54, 1.807) is 0 Å². The van der Waals surface area contributed by atoms with Gasteiger partial charge in [-0.15, -0.1) is 0 Å². The summed E-state index contributed by atoms with van der Waals surface area (Å²) in [5, 5.41) is 2.53. The first kappa shape index (κ1) is 17.4. The Hall–Kier alpha value is -0.950. The van der Waals surface area contributed by atoms with Gasteiger partial charge in [0.05, 0.1) is 6.26 Å². The number of carbonyl (C=O) groups is 1. The van der Waals surface area contributed by atoms with Crippen molar-refractivity contribution in [3.63, 3.8) is 0 Å². The summed E-state index contributed by atoms with van der Waals surface area (Å²) in [6.07, 6.45) is 9.28. The van der Waals surface area contributed by atoms with Crippen molar-refractivity contribution in [2.75, 3.05) is 19.3 Å². The first-order chi connectivity index (χ1) is 10.4. The lowest BCUT2D eigenvalue weighted by molar-refractivity contribution is -0.119. The first-order valence-electron chi connectivity index (χ1n) is 8.00. The molecule has 22 heavy (non-hydrogen) atoms. The van der Waals surface area contributed by atoms with E-state index in [0.717, 1.165) is 38.4 Å². The fraction of sp³-hybridized carbons (Fsp3) is 0.800. The minimum Gasteiger partial charge on any atom is -0.348 e. The van der Waals surface area contributed by atoms with Gasteiger partial charge in [-0.2, -0.15) is 4.31 Å². The van der Waals surface area contributed by atoms with Gasteiger partial charge in [0.15, 0.2) is 5.83 Å². The van der Waals surface area contributed by atoms with Crippen molar-refractivity contribution in [2.24, 2.45) is 5.92 Å². The van der Waals surface area contributed by atoms with E-state index in [1.807, 2.05) is 0 Å². The predicted octanol–water partition coefficient (Wildman–Crippen LogP) is 1.96. The Bertz CT molecular complexity index is 527. The molecule has 2 aliphatic rings. The first-order valence-corrected chi connectivity index (χ1v) is 9.85. The number of halogens is 1. The normalized spacial score (nSPS) is 25.4. The molecular weight excluding hydrogens is 307 g/mol. The van der Waals surface area contributed by atoms with Gasteiger partial charge < -0.3 is 5.32 Å². The smallest absolute Gasteiger partial charge is 0.279 e. The zero-order valence-corrected chi connectivity index (χ0v) is 13.9. The van der Waals surface area contributed by atoms with Gasteiger partial charge in [0.1, 0.15) is 0 Å². The van der Waals surface area contributed by atoms with Crippen LogP contribution in [-0.4, -0.2) is 44.0 Å². The Morgan fingerprint density at radius 3 is 2.55 bits per heavy atom. The summed E-state index contributed by atoms with van der Waals surface area (Å²) in [6.45, 7) is 0.637. The molecule has 1 atom stereocenters. The van der Waals surface area contributed by atoms with Gasteiger partial charge in [-0.3, -0.25) is 4.79 Å². The molecule has 1 amide bonds. The number of rotatable bonds is 5. The van der Waals surface area contributed by atoms with Gasteiger partial charge in [-0.05, 0) is 37.7 Å². The van der Waals surface area contributed by atoms with Crippen LogP contribution >= 0.6 is 0 Å². The van der Waals surface area contributed by atoms with Gasteiger partial charge in [0.2, 0.25) is 10.0 Å². The third-order valence-electron chi connectivity index (χ3n) is 4.50. The van der Waals surface area contributed by atoms with Crippen molar-refractivity contribution >= 4 is 15.9 Å². The van der Waals surface area contributed by atoms with Crippen molar-refractivity contribution < 1.29 is 17.6 Å². The lowest BCUT2D eigenvalue weighted by Crippen LogP contribution is -2.42. The molecule has 0 aromatic rings. The minimum absolute atomic E-state index is 0.151. The van der Waals surface area contributed by atoms with Crippen LogP contribution < -0.4 is 5.32 Å². The van der Waals surface area contributed by atoms with E-state index in [4.69, 9.17) is 0 Å². The largest absolute Gasteiger partial charge is 0.348 e. The van der Waals surface area contributed by atoms with E-state index in [9.17, 15) is 17.6 Å². The SMILES string of the molecule is CS(=O)(=O)N1CCC[C@@H]1CNC(=O)/C(F)=C\C1CCCCC1. The van der Waals surface area contributed by atoms with E-state index < -0.39 is 21.8 Å². The van der Waals surface area contributed by atoms with Crippen LogP contribution in [0.3, 0.4) is 0 Å². The molecule has 2 rings (SSSR count). The zero-order valence-electron chi connectivity index (χ0n) is 13.1. The molecule has 1 aliphatic carbocycles. The topological polar surface area (TPSA) is 66.5 Å². The fourth-order valence-electron chi connectivity index (χ4n) is 3.33. The summed E-state index contributed by atoms with van der Waals surface area (Å²) in [4.78, 5) is 11.8. The Morgan fingerprint density at radius 1 is 1.23 bits per heavy atom. The van der Waals surface area contributed by atoms with Crippen LogP contribution in [0.25, 0.3) is 0 Å². The second-order valence-electron chi connectivity index (χ2n) is 6.29. The number of nitrogens with one attached hydrogen (secondary N) is 1. The van der Waals surface area contributed by atoms with Gasteiger partial charge in [-0.1, -0.05) is 19.3 Å². The number of sulfonamides is 1. The van der Waals surface area contributed by atoms with Gasteiger partial charge in [-0.25, -0.2) is 12.8 Å². The monoisotopic (exact) mass is 332 g/mol. The van der Waals surface area contributed by atoms with Crippen molar-refractivity contribution in [3.8, 4) is 0 Å². The Kier molecular flexibility index (Phi) is 5.97. The van der Waals surface area contributed by atoms with E-state index >= 15 is 0 Å². The van der Waals surface area contributed by atoms with Crippen LogP contribution in [0.4, 0.5) is 4.39 Å². The van der Waals surface area contributed by atoms with Gasteiger partial charge in [0, 0.05) is 19.1 Å². The summed E-state index contributed by atoms with van der Waals surface area (Å²) in [7, 11) is -3.27. The summed E-state index contributed by atoms with van der Waals surface area (Å²) in [5.41, 5.74) is 0. The maximum atomic E-state index is 13.9. The van der Waals surface area contributed by atoms with Crippen LogP contribution in [0.5, 0.6) is 0 Å². The number of amides is 1. The molecule has 0 aromatic carbocycles. The standard InChI is InChI=1S/C15H25FN2O3S/c1-22(20,21)18-9-5-8-13(18)11-17-15(19)14(16)10-12-6-3-2-4-7-12/h10,12-13H,2-9,11H2,1H3,(H,17,19)/b14-10+/t13-/m1/s1. The molecule has 1 heterocycles. The van der Waals surface area contributed by atoms with Crippen molar-refractivity contribution in [3.05, 3.63) is 11.9 Å². The molecule has 0 aromatic heterocycles. The zero-order chi connectivity index (χ0) is 16.2. The molecule has 0 spiro atoms. The predicted molar refractivity (Wildman–Crippen MR) is 83.3 cm³/mol. The molecule has 1 saturated carbocycles. The lowest BCUT2D eigenvalue weighted by atomic mass is 9.89. The molecule has 126 valence electrons. The third kappa shape index (κ3) is 4.78. The fourth-order valence-corrected chi connectivity index (χ4v) is 4.51. The molecule has 1 aliphatic heterocycles. The summed E-state index contributed by atoms with van der Waals surface area (Å²) in [6, 6.07) is -0.263. The van der Waals surface area contributed by atoms with Crippen LogP contribution in [0.1, 0.15) is 44.9 Å². The van der Waals surface area contributed by atoms with Crippen LogP contribution in [0, 0.1) is 5.92 Å². The van der Waals surface area contributed by atoms with Crippen molar-refractivity contribution in [1.29, 1.82) is 0 Å². The molecule has 0 unspecified atom stereocenters. The summed E-state index contributed by atoms with van der Waals surface area (Å²) in [5.74, 6) is -1.32. The van der Waals surface area contributed by atoms with E-state index in [1.165, 1.54) is 16.8 Å². The maximum absolute atomic E-state index is 13.9. The average Bonchev–Trinajstić information content (AvgIpc) is 2.94. The number of hydrogen-bond acceptors (Lipinski definition) is 3. The molecule has 0 radical (unpaired) electrons. The molecule has 5 nitrogen and oxygen atoms in total. The molecule has 1 saturated heterocycles. The molecule has 1 N–H and O–H groups in total. The Morgan fingerprint density at radius 2 is 1.91 bits per heavy atom. The highest BCUT2D eigenvalue weighted by molar-refractivity contribution is 7.88. The number of nitrogens with zero attached hydrogens (tertiary/aromatic N) is 1. The summed E-state index contributed by atoms with van der Waals surface area (Å²) < 4.78 is 38.5. The molecular formula is C15H25FN2O3S.